The number of carboxylic acids is 2. The second-order valence-electron chi connectivity index (χ2n) is 3.75. The highest BCUT2D eigenvalue weighted by molar-refractivity contribution is 6.32. The van der Waals surface area contributed by atoms with E-state index in [0.717, 1.165) is 12.3 Å². The molecule has 112 valence electrons. The first-order valence-corrected chi connectivity index (χ1v) is 5.65. The quantitative estimate of drug-likeness (QED) is 0.383. The number of pyridine rings is 1. The Labute approximate surface area is 121 Å². The molecule has 0 aliphatic rings. The SMILES string of the molecule is O=C(O)C[C@@H](NC(=O)c1cc([N+](=O)[O-])cnc1Cl)C(=O)O. The number of carbonyl (C=O) groups excluding carboxylic acids is 1. The number of amides is 1. The van der Waals surface area contributed by atoms with Gasteiger partial charge < -0.3 is 15.5 Å². The van der Waals surface area contributed by atoms with Crippen molar-refractivity contribution >= 4 is 35.1 Å². The predicted octanol–water partition coefficient (Wildman–Crippen LogP) is 0.301. The van der Waals surface area contributed by atoms with Crippen LogP contribution in [0.4, 0.5) is 5.69 Å². The summed E-state index contributed by atoms with van der Waals surface area (Å²) in [4.78, 5) is 46.4. The van der Waals surface area contributed by atoms with Gasteiger partial charge in [0.05, 0.1) is 16.9 Å². The van der Waals surface area contributed by atoms with Gasteiger partial charge in [-0.3, -0.25) is 19.7 Å². The molecule has 1 atom stereocenters. The highest BCUT2D eigenvalue weighted by Gasteiger charge is 2.25. The second kappa shape index (κ2) is 6.61. The summed E-state index contributed by atoms with van der Waals surface area (Å²) in [6.45, 7) is 0. The van der Waals surface area contributed by atoms with Gasteiger partial charge in [0.15, 0.2) is 0 Å². The summed E-state index contributed by atoms with van der Waals surface area (Å²) >= 11 is 5.61. The zero-order valence-corrected chi connectivity index (χ0v) is 10.9. The van der Waals surface area contributed by atoms with Gasteiger partial charge in [-0.2, -0.15) is 0 Å². The van der Waals surface area contributed by atoms with Gasteiger partial charge in [0.25, 0.3) is 11.6 Å². The fourth-order valence-electron chi connectivity index (χ4n) is 1.31. The fourth-order valence-corrected chi connectivity index (χ4v) is 1.50. The summed E-state index contributed by atoms with van der Waals surface area (Å²) in [7, 11) is 0. The van der Waals surface area contributed by atoms with Crippen LogP contribution < -0.4 is 5.32 Å². The second-order valence-corrected chi connectivity index (χ2v) is 4.11. The van der Waals surface area contributed by atoms with E-state index >= 15 is 0 Å². The van der Waals surface area contributed by atoms with E-state index in [1.54, 1.807) is 0 Å². The predicted molar refractivity (Wildman–Crippen MR) is 67.0 cm³/mol. The summed E-state index contributed by atoms with van der Waals surface area (Å²) < 4.78 is 0. The molecule has 0 bridgehead atoms. The van der Waals surface area contributed by atoms with Crippen molar-refractivity contribution < 1.29 is 29.5 Å². The standard InChI is InChI=1S/C10H8ClN3O7/c11-8-5(1-4(3-12-8)14(20)21)9(17)13-6(10(18)19)2-7(15)16/h1,3,6H,2H2,(H,13,17)(H,15,16)(H,18,19)/t6-/m1/s1. The van der Waals surface area contributed by atoms with Crippen LogP contribution in [-0.2, 0) is 9.59 Å². The molecule has 1 aromatic rings. The Morgan fingerprint density at radius 3 is 2.52 bits per heavy atom. The van der Waals surface area contributed by atoms with Crippen molar-refractivity contribution in [3.63, 3.8) is 0 Å². The Kier molecular flexibility index (Phi) is 5.13. The average molecular weight is 318 g/mol. The third kappa shape index (κ3) is 4.38. The van der Waals surface area contributed by atoms with Gasteiger partial charge in [-0.1, -0.05) is 11.6 Å². The smallest absolute Gasteiger partial charge is 0.326 e. The molecular formula is C10H8ClN3O7. The average Bonchev–Trinajstić information content (AvgIpc) is 2.37. The van der Waals surface area contributed by atoms with Crippen LogP contribution in [-0.4, -0.2) is 44.0 Å². The number of nitrogens with zero attached hydrogens (tertiary/aromatic N) is 2. The van der Waals surface area contributed by atoms with E-state index in [2.05, 4.69) is 4.98 Å². The first kappa shape index (κ1) is 16.3. The molecule has 11 heteroatoms. The van der Waals surface area contributed by atoms with E-state index < -0.39 is 46.5 Å². The molecule has 0 fully saturated rings. The Morgan fingerprint density at radius 2 is 2.05 bits per heavy atom. The number of aromatic nitrogens is 1. The van der Waals surface area contributed by atoms with Crippen LogP contribution in [0.3, 0.4) is 0 Å². The molecule has 1 amide bonds. The Hall–Kier alpha value is -2.75. The molecule has 0 unspecified atom stereocenters. The highest BCUT2D eigenvalue weighted by Crippen LogP contribution is 2.19. The molecule has 0 spiro atoms. The third-order valence-corrected chi connectivity index (χ3v) is 2.56. The van der Waals surface area contributed by atoms with E-state index in [9.17, 15) is 24.5 Å². The molecule has 0 saturated carbocycles. The largest absolute Gasteiger partial charge is 0.481 e. The summed E-state index contributed by atoms with van der Waals surface area (Å²) in [6, 6.07) is -0.894. The normalized spacial score (nSPS) is 11.5. The minimum absolute atomic E-state index is 0.377. The van der Waals surface area contributed by atoms with Gasteiger partial charge in [0.2, 0.25) is 0 Å². The third-order valence-electron chi connectivity index (χ3n) is 2.26. The van der Waals surface area contributed by atoms with E-state index in [1.165, 1.54) is 0 Å². The zero-order chi connectivity index (χ0) is 16.2. The number of rotatable bonds is 6. The lowest BCUT2D eigenvalue weighted by atomic mass is 10.2. The molecule has 3 N–H and O–H groups in total. The Morgan fingerprint density at radius 1 is 1.43 bits per heavy atom. The maximum atomic E-state index is 11.8. The minimum atomic E-state index is -1.70. The van der Waals surface area contributed by atoms with Gasteiger partial charge in [-0.05, 0) is 0 Å². The molecule has 21 heavy (non-hydrogen) atoms. The maximum absolute atomic E-state index is 11.8. The number of nitro groups is 1. The molecule has 0 aliphatic heterocycles. The minimum Gasteiger partial charge on any atom is -0.481 e. The maximum Gasteiger partial charge on any atom is 0.326 e. The lowest BCUT2D eigenvalue weighted by Crippen LogP contribution is -2.42. The molecule has 0 saturated heterocycles. The van der Waals surface area contributed by atoms with Crippen molar-refractivity contribution in [2.75, 3.05) is 0 Å². The number of carbonyl (C=O) groups is 3. The molecule has 1 heterocycles. The summed E-state index contributed by atoms with van der Waals surface area (Å²) in [5.41, 5.74) is -0.947. The first-order valence-electron chi connectivity index (χ1n) is 5.27. The zero-order valence-electron chi connectivity index (χ0n) is 10.1. The number of carboxylic acid groups (broad SMARTS) is 2. The molecule has 0 radical (unpaired) electrons. The monoisotopic (exact) mass is 317 g/mol. The Bertz CT molecular complexity index is 619. The lowest BCUT2D eigenvalue weighted by Gasteiger charge is -2.12. The van der Waals surface area contributed by atoms with Crippen LogP contribution in [0.25, 0.3) is 0 Å². The van der Waals surface area contributed by atoms with Gasteiger partial charge in [0, 0.05) is 6.07 Å². The topological polar surface area (TPSA) is 160 Å². The van der Waals surface area contributed by atoms with Gasteiger partial charge in [0.1, 0.15) is 17.4 Å². The van der Waals surface area contributed by atoms with Crippen molar-refractivity contribution in [1.29, 1.82) is 0 Å². The van der Waals surface area contributed by atoms with E-state index in [1.807, 2.05) is 5.32 Å². The summed E-state index contributed by atoms with van der Waals surface area (Å²) in [6.07, 6.45) is -0.0356. The number of hydrogen-bond acceptors (Lipinski definition) is 6. The van der Waals surface area contributed by atoms with Crippen LogP contribution in [0.15, 0.2) is 12.3 Å². The molecule has 10 nitrogen and oxygen atoms in total. The van der Waals surface area contributed by atoms with Crippen molar-refractivity contribution in [3.8, 4) is 0 Å². The van der Waals surface area contributed by atoms with Gasteiger partial charge in [-0.25, -0.2) is 9.78 Å². The van der Waals surface area contributed by atoms with Crippen LogP contribution in [0.2, 0.25) is 5.15 Å². The van der Waals surface area contributed by atoms with Crippen LogP contribution in [0.5, 0.6) is 0 Å². The number of aliphatic carboxylic acids is 2. The first-order chi connectivity index (χ1) is 9.72. The van der Waals surface area contributed by atoms with Crippen molar-refractivity contribution in [3.05, 3.63) is 33.1 Å². The molecule has 0 aliphatic carbocycles. The van der Waals surface area contributed by atoms with E-state index in [4.69, 9.17) is 21.8 Å². The summed E-state index contributed by atoms with van der Waals surface area (Å²) in [5, 5.41) is 29.4. The van der Waals surface area contributed by atoms with E-state index in [0.29, 0.717) is 0 Å². The van der Waals surface area contributed by atoms with Crippen molar-refractivity contribution in [1.82, 2.24) is 10.3 Å². The molecular weight excluding hydrogens is 310 g/mol. The van der Waals surface area contributed by atoms with Crippen LogP contribution in [0.1, 0.15) is 16.8 Å². The van der Waals surface area contributed by atoms with E-state index in [-0.39, 0.29) is 5.15 Å². The number of nitrogens with one attached hydrogen (secondary N) is 1. The molecule has 1 rings (SSSR count). The molecule has 1 aromatic heterocycles. The number of hydrogen-bond donors (Lipinski definition) is 3. The Balaban J connectivity index is 3.02. The fraction of sp³-hybridized carbons (Fsp3) is 0.200. The summed E-state index contributed by atoms with van der Waals surface area (Å²) in [5.74, 6) is -4.09. The lowest BCUT2D eigenvalue weighted by molar-refractivity contribution is -0.385. The van der Waals surface area contributed by atoms with Crippen molar-refractivity contribution in [2.45, 2.75) is 12.5 Å². The van der Waals surface area contributed by atoms with Gasteiger partial charge >= 0.3 is 11.9 Å². The van der Waals surface area contributed by atoms with Crippen LogP contribution in [0, 0.1) is 10.1 Å². The van der Waals surface area contributed by atoms with Crippen molar-refractivity contribution in [2.24, 2.45) is 0 Å². The number of halogens is 1. The van der Waals surface area contributed by atoms with Crippen LogP contribution >= 0.6 is 11.6 Å². The molecule has 0 aromatic carbocycles. The van der Waals surface area contributed by atoms with Gasteiger partial charge in [-0.15, -0.1) is 0 Å². The highest BCUT2D eigenvalue weighted by atomic mass is 35.5.